The van der Waals surface area contributed by atoms with Gasteiger partial charge in [-0.1, -0.05) is 344 Å². The number of nitrogens with one attached hydrogen (secondary N) is 1. The molecule has 83 heavy (non-hydrogen) atoms. The van der Waals surface area contributed by atoms with Crippen LogP contribution in [-0.2, 0) is 14.3 Å². The fourth-order valence-electron chi connectivity index (χ4n) is 11.3. The average Bonchev–Trinajstić information content (AvgIpc) is 3.49. The number of hydrogen-bond donors (Lipinski definition) is 3. The summed E-state index contributed by atoms with van der Waals surface area (Å²) in [7, 11) is 0. The van der Waals surface area contributed by atoms with Crippen LogP contribution in [0.3, 0.4) is 0 Å². The Morgan fingerprint density at radius 3 is 0.928 bits per heavy atom. The van der Waals surface area contributed by atoms with Crippen molar-refractivity contribution in [3.05, 3.63) is 60.8 Å². The van der Waals surface area contributed by atoms with Crippen LogP contribution in [0.15, 0.2) is 60.8 Å². The molecular formula is C77H143NO5. The number of hydrogen-bond acceptors (Lipinski definition) is 5. The van der Waals surface area contributed by atoms with Crippen molar-refractivity contribution in [1.29, 1.82) is 0 Å². The van der Waals surface area contributed by atoms with Gasteiger partial charge in [-0.3, -0.25) is 9.59 Å². The van der Waals surface area contributed by atoms with Gasteiger partial charge in [0.2, 0.25) is 5.91 Å². The molecule has 0 fully saturated rings. The van der Waals surface area contributed by atoms with Gasteiger partial charge in [0.15, 0.2) is 0 Å². The molecule has 0 rings (SSSR count). The smallest absolute Gasteiger partial charge is 0.305 e. The van der Waals surface area contributed by atoms with Crippen molar-refractivity contribution >= 4 is 11.9 Å². The van der Waals surface area contributed by atoms with Crippen molar-refractivity contribution in [3.8, 4) is 0 Å². The molecule has 0 heterocycles. The van der Waals surface area contributed by atoms with Gasteiger partial charge in [-0.15, -0.1) is 0 Å². The van der Waals surface area contributed by atoms with Crippen LogP contribution in [-0.4, -0.2) is 47.4 Å². The third kappa shape index (κ3) is 68.5. The summed E-state index contributed by atoms with van der Waals surface area (Å²) < 4.78 is 5.49. The molecule has 6 nitrogen and oxygen atoms in total. The highest BCUT2D eigenvalue weighted by Gasteiger charge is 2.18. The predicted octanol–water partition coefficient (Wildman–Crippen LogP) is 24.2. The van der Waals surface area contributed by atoms with Crippen LogP contribution in [0, 0.1) is 0 Å². The number of aliphatic hydroxyl groups is 2. The molecule has 0 aromatic carbocycles. The number of aliphatic hydroxyl groups excluding tert-OH is 2. The fraction of sp³-hybridized carbons (Fsp3) is 0.844. The van der Waals surface area contributed by atoms with Crippen molar-refractivity contribution < 1.29 is 24.5 Å². The fourth-order valence-corrected chi connectivity index (χ4v) is 11.3. The highest BCUT2D eigenvalue weighted by atomic mass is 16.5. The molecule has 486 valence electrons. The maximum absolute atomic E-state index is 12.4. The number of rotatable bonds is 69. The molecule has 6 heteroatoms. The quantitative estimate of drug-likeness (QED) is 0.0320. The molecule has 3 N–H and O–H groups in total. The second-order valence-corrected chi connectivity index (χ2v) is 25.3. The van der Waals surface area contributed by atoms with Crippen molar-refractivity contribution in [1.82, 2.24) is 5.32 Å². The number of carbonyl (C=O) groups excluding carboxylic acids is 2. The van der Waals surface area contributed by atoms with Gasteiger partial charge in [0, 0.05) is 12.8 Å². The Bertz CT molecular complexity index is 1430. The SMILES string of the molecule is CCCCCC/C=C\C/C=C\CCCCCCCC(=O)OCCCCCCCCCCCCCCCCC/C=C\C/C=C\CCCCCCCCCCCCCCCCCCCC(=O)NC(CO)C(O)/C=C/CCCCCCCCCCC. The van der Waals surface area contributed by atoms with Gasteiger partial charge in [-0.25, -0.2) is 0 Å². The van der Waals surface area contributed by atoms with E-state index in [1.54, 1.807) is 6.08 Å². The van der Waals surface area contributed by atoms with Crippen LogP contribution in [0.5, 0.6) is 0 Å². The van der Waals surface area contributed by atoms with Crippen molar-refractivity contribution in [2.75, 3.05) is 13.2 Å². The van der Waals surface area contributed by atoms with Crippen LogP contribution in [0.1, 0.15) is 393 Å². The molecule has 0 aromatic heterocycles. The standard InChI is InChI=1S/C77H143NO5/c1-3-5-7-9-11-13-15-16-17-44-47-51-55-59-63-67-71-77(82)83-72-68-64-60-56-52-48-45-42-40-38-36-34-32-30-28-26-24-22-20-18-19-21-23-25-27-29-31-33-35-37-39-41-43-46-50-54-58-62-66-70-76(81)78-74(73-79)75(80)69-65-61-57-53-49-14-12-10-8-6-4-2/h13,15,17-19,22,24,44,65,69,74-75,79-80H,3-12,14,16,20-21,23,25-43,45-64,66-68,70-73H2,1-2H3,(H,78,81)/b15-13-,19-18-,24-22-,44-17-,69-65+. The van der Waals surface area contributed by atoms with E-state index < -0.39 is 12.1 Å². The molecule has 2 atom stereocenters. The minimum Gasteiger partial charge on any atom is -0.466 e. The third-order valence-electron chi connectivity index (χ3n) is 17.0. The normalized spacial score (nSPS) is 12.9. The molecule has 0 saturated carbocycles. The van der Waals surface area contributed by atoms with Crippen molar-refractivity contribution in [2.45, 2.75) is 405 Å². The van der Waals surface area contributed by atoms with Gasteiger partial charge in [0.25, 0.3) is 0 Å². The highest BCUT2D eigenvalue weighted by Crippen LogP contribution is 2.18. The largest absolute Gasteiger partial charge is 0.466 e. The Hall–Kier alpha value is -2.44. The van der Waals surface area contributed by atoms with Gasteiger partial charge in [-0.2, -0.15) is 0 Å². The van der Waals surface area contributed by atoms with Gasteiger partial charge in [0.1, 0.15) is 0 Å². The summed E-state index contributed by atoms with van der Waals surface area (Å²) >= 11 is 0. The van der Waals surface area contributed by atoms with Crippen LogP contribution in [0.2, 0.25) is 0 Å². The second-order valence-electron chi connectivity index (χ2n) is 25.3. The zero-order chi connectivity index (χ0) is 59.9. The Morgan fingerprint density at radius 1 is 0.337 bits per heavy atom. The highest BCUT2D eigenvalue weighted by molar-refractivity contribution is 5.76. The maximum Gasteiger partial charge on any atom is 0.305 e. The number of esters is 1. The van der Waals surface area contributed by atoms with Gasteiger partial charge in [-0.05, 0) is 96.3 Å². The summed E-state index contributed by atoms with van der Waals surface area (Å²) in [5, 5.41) is 23.1. The summed E-state index contributed by atoms with van der Waals surface area (Å²) in [6.07, 6.45) is 96.2. The number of carbonyl (C=O) groups is 2. The lowest BCUT2D eigenvalue weighted by molar-refractivity contribution is -0.143. The number of ether oxygens (including phenoxy) is 1. The summed E-state index contributed by atoms with van der Waals surface area (Å²) in [6.45, 7) is 4.89. The Labute approximate surface area is 518 Å². The predicted molar refractivity (Wildman–Crippen MR) is 365 cm³/mol. The first-order valence-electron chi connectivity index (χ1n) is 37.1. The second kappa shape index (κ2) is 72.0. The van der Waals surface area contributed by atoms with E-state index in [0.29, 0.717) is 19.4 Å². The number of allylic oxidation sites excluding steroid dienone is 9. The minimum absolute atomic E-state index is 0.00652. The van der Waals surface area contributed by atoms with E-state index >= 15 is 0 Å². The average molecular weight is 1160 g/mol. The third-order valence-corrected chi connectivity index (χ3v) is 17.0. The number of amides is 1. The van der Waals surface area contributed by atoms with Crippen molar-refractivity contribution in [2.24, 2.45) is 0 Å². The molecule has 0 saturated heterocycles. The summed E-state index contributed by atoms with van der Waals surface area (Å²) in [4.78, 5) is 24.5. The molecule has 0 radical (unpaired) electrons. The topological polar surface area (TPSA) is 95.9 Å². The first kappa shape index (κ1) is 80.6. The molecule has 0 bridgehead atoms. The van der Waals surface area contributed by atoms with E-state index in [0.717, 1.165) is 57.8 Å². The maximum atomic E-state index is 12.4. The Kier molecular flexibility index (Phi) is 69.9. The van der Waals surface area contributed by atoms with Crippen LogP contribution < -0.4 is 5.32 Å². The lowest BCUT2D eigenvalue weighted by Gasteiger charge is -2.20. The molecule has 0 aliphatic heterocycles. The molecule has 0 aliphatic carbocycles. The summed E-state index contributed by atoms with van der Waals surface area (Å²) in [6, 6.07) is -0.625. The van der Waals surface area contributed by atoms with E-state index in [4.69, 9.17) is 4.74 Å². The van der Waals surface area contributed by atoms with Crippen LogP contribution in [0.25, 0.3) is 0 Å². The van der Waals surface area contributed by atoms with E-state index in [1.165, 1.54) is 308 Å². The van der Waals surface area contributed by atoms with Gasteiger partial charge < -0.3 is 20.3 Å². The summed E-state index contributed by atoms with van der Waals surface area (Å²) in [5.74, 6) is -0.0587. The van der Waals surface area contributed by atoms with E-state index in [9.17, 15) is 19.8 Å². The van der Waals surface area contributed by atoms with Crippen molar-refractivity contribution in [3.63, 3.8) is 0 Å². The number of unbranched alkanes of at least 4 members (excludes halogenated alkanes) is 50. The monoisotopic (exact) mass is 1160 g/mol. The molecular weight excluding hydrogens is 1020 g/mol. The lowest BCUT2D eigenvalue weighted by atomic mass is 10.0. The molecule has 0 aliphatic rings. The van der Waals surface area contributed by atoms with E-state index in [2.05, 4.69) is 67.8 Å². The summed E-state index contributed by atoms with van der Waals surface area (Å²) in [5.41, 5.74) is 0. The van der Waals surface area contributed by atoms with Gasteiger partial charge in [0.05, 0.1) is 25.4 Å². The minimum atomic E-state index is -0.841. The molecule has 0 aromatic rings. The lowest BCUT2D eigenvalue weighted by Crippen LogP contribution is -2.45. The Balaban J connectivity index is 3.35. The van der Waals surface area contributed by atoms with Gasteiger partial charge >= 0.3 is 5.97 Å². The molecule has 0 spiro atoms. The molecule has 1 amide bonds. The zero-order valence-electron chi connectivity index (χ0n) is 55.7. The Morgan fingerprint density at radius 2 is 0.602 bits per heavy atom. The van der Waals surface area contributed by atoms with E-state index in [1.807, 2.05) is 6.08 Å². The van der Waals surface area contributed by atoms with E-state index in [-0.39, 0.29) is 18.5 Å². The van der Waals surface area contributed by atoms with Crippen LogP contribution >= 0.6 is 0 Å². The first-order chi connectivity index (χ1) is 41.0. The van der Waals surface area contributed by atoms with Crippen LogP contribution in [0.4, 0.5) is 0 Å². The first-order valence-corrected chi connectivity index (χ1v) is 37.1. The zero-order valence-corrected chi connectivity index (χ0v) is 55.7. The molecule has 2 unspecified atom stereocenters.